The molecule has 0 spiro atoms. The number of rotatable bonds is 4. The molecule has 2 heterocycles. The molecule has 1 saturated heterocycles. The Morgan fingerprint density at radius 3 is 3.05 bits per heavy atom. The van der Waals surface area contributed by atoms with Gasteiger partial charge in [0.1, 0.15) is 0 Å². The Morgan fingerprint density at radius 1 is 1.45 bits per heavy atom. The fourth-order valence-corrected chi connectivity index (χ4v) is 3.83. The predicted octanol–water partition coefficient (Wildman–Crippen LogP) is 2.83. The molecule has 2 aromatic rings. The summed E-state index contributed by atoms with van der Waals surface area (Å²) in [4.78, 5) is 2.17. The highest BCUT2D eigenvalue weighted by Gasteiger charge is 2.27. The zero-order chi connectivity index (χ0) is 15.5. The number of anilines is 1. The highest BCUT2D eigenvalue weighted by Crippen LogP contribution is 2.34. The molecule has 0 radical (unpaired) electrons. The predicted molar refractivity (Wildman–Crippen MR) is 88.6 cm³/mol. The van der Waals surface area contributed by atoms with E-state index in [9.17, 15) is 5.11 Å². The number of hydrogen-bond donors (Lipinski definition) is 1. The number of benzene rings is 1. The third kappa shape index (κ3) is 3.41. The van der Waals surface area contributed by atoms with Crippen LogP contribution < -0.4 is 4.90 Å². The summed E-state index contributed by atoms with van der Waals surface area (Å²) in [5.41, 5.74) is 0.897. The Kier molecular flexibility index (Phi) is 4.93. The van der Waals surface area contributed by atoms with E-state index < -0.39 is 0 Å². The zero-order valence-corrected chi connectivity index (χ0v) is 13.8. The maximum absolute atomic E-state index is 9.66. The average molecular weight is 340 g/mol. The molecule has 7 heteroatoms. The fraction of sp³-hybridized carbons (Fsp3) is 0.467. The molecule has 118 valence electrons. The number of halogens is 1. The molecular formula is C15H18ClN3O2S. The molecule has 1 aliphatic rings. The summed E-state index contributed by atoms with van der Waals surface area (Å²) in [7, 11) is 0. The van der Waals surface area contributed by atoms with Crippen molar-refractivity contribution in [3.8, 4) is 10.6 Å². The Hall–Kier alpha value is -1.21. The maximum atomic E-state index is 9.66. The second-order valence-corrected chi connectivity index (χ2v) is 6.74. The van der Waals surface area contributed by atoms with Crippen LogP contribution in [0.5, 0.6) is 0 Å². The van der Waals surface area contributed by atoms with E-state index in [1.54, 1.807) is 6.92 Å². The van der Waals surface area contributed by atoms with Gasteiger partial charge in [-0.25, -0.2) is 0 Å². The number of ether oxygens (including phenoxy) is 1. The Morgan fingerprint density at radius 2 is 2.27 bits per heavy atom. The van der Waals surface area contributed by atoms with Gasteiger partial charge in [-0.15, -0.1) is 10.2 Å². The lowest BCUT2D eigenvalue weighted by atomic mass is 10.1. The summed E-state index contributed by atoms with van der Waals surface area (Å²) >= 11 is 7.74. The van der Waals surface area contributed by atoms with Crippen molar-refractivity contribution in [2.45, 2.75) is 25.5 Å². The quantitative estimate of drug-likeness (QED) is 0.928. The fourth-order valence-electron chi connectivity index (χ4n) is 2.57. The van der Waals surface area contributed by atoms with Crippen LogP contribution in [-0.2, 0) is 4.74 Å². The van der Waals surface area contributed by atoms with Crippen molar-refractivity contribution >= 4 is 28.1 Å². The molecule has 0 aliphatic carbocycles. The standard InChI is InChI=1S/C15H18ClN3O2S/c1-10(20)8-11-9-21-7-6-19(11)15-18-17-14(22-15)12-4-2-3-5-13(12)16/h2-5,10-11,20H,6-9H2,1H3. The summed E-state index contributed by atoms with van der Waals surface area (Å²) < 4.78 is 5.53. The van der Waals surface area contributed by atoms with E-state index in [0.29, 0.717) is 24.7 Å². The molecule has 1 aliphatic heterocycles. The minimum atomic E-state index is -0.370. The van der Waals surface area contributed by atoms with Gasteiger partial charge in [0.25, 0.3) is 0 Å². The number of aliphatic hydroxyl groups excluding tert-OH is 1. The average Bonchev–Trinajstić information content (AvgIpc) is 2.97. The lowest BCUT2D eigenvalue weighted by Gasteiger charge is -2.35. The van der Waals surface area contributed by atoms with Crippen molar-refractivity contribution < 1.29 is 9.84 Å². The number of aromatic nitrogens is 2. The molecular weight excluding hydrogens is 322 g/mol. The molecule has 1 aromatic heterocycles. The van der Waals surface area contributed by atoms with E-state index >= 15 is 0 Å². The molecule has 0 saturated carbocycles. The van der Waals surface area contributed by atoms with E-state index in [1.165, 1.54) is 11.3 Å². The molecule has 3 rings (SSSR count). The van der Waals surface area contributed by atoms with E-state index in [4.69, 9.17) is 16.3 Å². The van der Waals surface area contributed by atoms with E-state index in [1.807, 2.05) is 24.3 Å². The topological polar surface area (TPSA) is 58.5 Å². The molecule has 1 aromatic carbocycles. The first-order valence-corrected chi connectivity index (χ1v) is 8.45. The van der Waals surface area contributed by atoms with Crippen molar-refractivity contribution in [3.05, 3.63) is 29.3 Å². The van der Waals surface area contributed by atoms with Crippen LogP contribution in [0.25, 0.3) is 10.6 Å². The minimum absolute atomic E-state index is 0.126. The third-order valence-electron chi connectivity index (χ3n) is 3.61. The summed E-state index contributed by atoms with van der Waals surface area (Å²) in [6, 6.07) is 7.75. The summed E-state index contributed by atoms with van der Waals surface area (Å²) in [5.74, 6) is 0. The van der Waals surface area contributed by atoms with Gasteiger partial charge >= 0.3 is 0 Å². The lowest BCUT2D eigenvalue weighted by molar-refractivity contribution is 0.0721. The van der Waals surface area contributed by atoms with Crippen LogP contribution in [0.2, 0.25) is 5.02 Å². The van der Waals surface area contributed by atoms with Gasteiger partial charge in [-0.05, 0) is 19.4 Å². The minimum Gasteiger partial charge on any atom is -0.393 e. The van der Waals surface area contributed by atoms with Crippen molar-refractivity contribution in [3.63, 3.8) is 0 Å². The Balaban J connectivity index is 1.84. The van der Waals surface area contributed by atoms with Crippen LogP contribution in [0.4, 0.5) is 5.13 Å². The first-order chi connectivity index (χ1) is 10.6. The van der Waals surface area contributed by atoms with Gasteiger partial charge in [-0.3, -0.25) is 0 Å². The van der Waals surface area contributed by atoms with Crippen LogP contribution in [0.1, 0.15) is 13.3 Å². The zero-order valence-electron chi connectivity index (χ0n) is 12.3. The number of aliphatic hydroxyl groups is 1. The van der Waals surface area contributed by atoms with E-state index in [0.717, 1.165) is 22.2 Å². The monoisotopic (exact) mass is 339 g/mol. The van der Waals surface area contributed by atoms with Gasteiger partial charge in [0, 0.05) is 12.1 Å². The molecule has 0 bridgehead atoms. The molecule has 22 heavy (non-hydrogen) atoms. The summed E-state index contributed by atoms with van der Waals surface area (Å²) in [6.45, 7) is 3.82. The van der Waals surface area contributed by atoms with Gasteiger partial charge in [0.2, 0.25) is 5.13 Å². The van der Waals surface area contributed by atoms with E-state index in [2.05, 4.69) is 15.1 Å². The highest BCUT2D eigenvalue weighted by atomic mass is 35.5. The summed E-state index contributed by atoms with van der Waals surface area (Å²) in [6.07, 6.45) is 0.284. The van der Waals surface area contributed by atoms with Gasteiger partial charge < -0.3 is 14.7 Å². The van der Waals surface area contributed by atoms with Crippen LogP contribution in [-0.4, -0.2) is 47.2 Å². The molecule has 0 amide bonds. The van der Waals surface area contributed by atoms with Crippen molar-refractivity contribution in [1.82, 2.24) is 10.2 Å². The Labute approximate surface area is 138 Å². The van der Waals surface area contributed by atoms with Crippen LogP contribution in [0.3, 0.4) is 0 Å². The van der Waals surface area contributed by atoms with Gasteiger partial charge in [0.15, 0.2) is 5.01 Å². The Bertz CT molecular complexity index is 635. The highest BCUT2D eigenvalue weighted by molar-refractivity contribution is 7.18. The molecule has 5 nitrogen and oxygen atoms in total. The summed E-state index contributed by atoms with van der Waals surface area (Å²) in [5, 5.41) is 20.6. The first kappa shape index (κ1) is 15.7. The van der Waals surface area contributed by atoms with E-state index in [-0.39, 0.29) is 12.1 Å². The van der Waals surface area contributed by atoms with Crippen LogP contribution in [0.15, 0.2) is 24.3 Å². The number of morpholine rings is 1. The van der Waals surface area contributed by atoms with Gasteiger partial charge in [0.05, 0.1) is 30.4 Å². The van der Waals surface area contributed by atoms with Crippen LogP contribution >= 0.6 is 22.9 Å². The normalized spacial score (nSPS) is 20.1. The SMILES string of the molecule is CC(O)CC1COCCN1c1nnc(-c2ccccc2Cl)s1. The van der Waals surface area contributed by atoms with Crippen molar-refractivity contribution in [2.75, 3.05) is 24.7 Å². The van der Waals surface area contributed by atoms with Gasteiger partial charge in [-0.1, -0.05) is 41.1 Å². The molecule has 1 fully saturated rings. The number of hydrogen-bond acceptors (Lipinski definition) is 6. The number of nitrogens with zero attached hydrogens (tertiary/aromatic N) is 3. The van der Waals surface area contributed by atoms with Gasteiger partial charge in [-0.2, -0.15) is 0 Å². The third-order valence-corrected chi connectivity index (χ3v) is 4.93. The molecule has 2 unspecified atom stereocenters. The van der Waals surface area contributed by atoms with Crippen molar-refractivity contribution in [2.24, 2.45) is 0 Å². The largest absolute Gasteiger partial charge is 0.393 e. The smallest absolute Gasteiger partial charge is 0.209 e. The molecule has 1 N–H and O–H groups in total. The second kappa shape index (κ2) is 6.91. The second-order valence-electron chi connectivity index (χ2n) is 5.38. The first-order valence-electron chi connectivity index (χ1n) is 7.26. The van der Waals surface area contributed by atoms with Crippen LogP contribution in [0, 0.1) is 0 Å². The molecule has 2 atom stereocenters. The van der Waals surface area contributed by atoms with Crippen molar-refractivity contribution in [1.29, 1.82) is 0 Å². The maximum Gasteiger partial charge on any atom is 0.209 e. The lowest BCUT2D eigenvalue weighted by Crippen LogP contribution is -2.46.